The summed E-state index contributed by atoms with van der Waals surface area (Å²) in [6.45, 7) is 5.46. The van der Waals surface area contributed by atoms with Gasteiger partial charge in [0, 0.05) is 0 Å². The molecule has 0 aliphatic rings. The third-order valence-corrected chi connectivity index (χ3v) is 6.89. The second-order valence-electron chi connectivity index (χ2n) is 10.6. The number of rotatable bonds is 21. The van der Waals surface area contributed by atoms with Crippen LogP contribution in [-0.2, 0) is 9.53 Å². The zero-order valence-electron chi connectivity index (χ0n) is 23.8. The van der Waals surface area contributed by atoms with Crippen molar-refractivity contribution in [3.63, 3.8) is 0 Å². The van der Waals surface area contributed by atoms with Gasteiger partial charge in [0.25, 0.3) is 5.91 Å². The Morgan fingerprint density at radius 1 is 0.615 bits per heavy atom. The van der Waals surface area contributed by atoms with Gasteiger partial charge in [0.15, 0.2) is 23.3 Å². The first-order chi connectivity index (χ1) is 18.6. The molecule has 1 atom stereocenters. The first-order valence-electron chi connectivity index (χ1n) is 14.6. The van der Waals surface area contributed by atoms with E-state index < -0.39 is 58.5 Å². The second-order valence-corrected chi connectivity index (χ2v) is 10.6. The molecule has 0 saturated carbocycles. The van der Waals surface area contributed by atoms with Crippen molar-refractivity contribution in [1.29, 1.82) is 0 Å². The summed E-state index contributed by atoms with van der Waals surface area (Å²) in [7, 11) is 0. The van der Waals surface area contributed by atoms with Crippen LogP contribution in [0.15, 0.2) is 0 Å². The summed E-state index contributed by atoms with van der Waals surface area (Å²) in [6, 6.07) is -1.31. The number of ether oxygens (including phenoxy) is 1. The normalized spacial score (nSPS) is 12.1. The molecule has 9 heteroatoms. The topological polar surface area (TPSA) is 55.4 Å². The van der Waals surface area contributed by atoms with Crippen molar-refractivity contribution in [1.82, 2.24) is 5.32 Å². The highest BCUT2D eigenvalue weighted by molar-refractivity contribution is 5.97. The number of hydrogen-bond acceptors (Lipinski definition) is 3. The molecule has 0 aromatic heterocycles. The molecule has 0 heterocycles. The van der Waals surface area contributed by atoms with Crippen molar-refractivity contribution in [2.24, 2.45) is 5.92 Å². The van der Waals surface area contributed by atoms with Gasteiger partial charge < -0.3 is 10.1 Å². The smallest absolute Gasteiger partial charge is 0.328 e. The van der Waals surface area contributed by atoms with Crippen LogP contribution >= 0.6 is 0 Å². The summed E-state index contributed by atoms with van der Waals surface area (Å²) < 4.78 is 73.2. The quantitative estimate of drug-likeness (QED) is 0.0534. The summed E-state index contributed by atoms with van der Waals surface area (Å²) in [5.41, 5.74) is -1.64. The van der Waals surface area contributed by atoms with E-state index in [-0.39, 0.29) is 6.61 Å². The molecule has 1 amide bonds. The molecule has 1 aromatic rings. The van der Waals surface area contributed by atoms with Crippen LogP contribution in [0, 0.1) is 35.0 Å². The lowest BCUT2D eigenvalue weighted by atomic mass is 10.0. The van der Waals surface area contributed by atoms with Gasteiger partial charge in [-0.2, -0.15) is 0 Å². The zero-order valence-corrected chi connectivity index (χ0v) is 23.8. The van der Waals surface area contributed by atoms with E-state index in [1.54, 1.807) is 13.8 Å². The number of halogens is 5. The Balaban J connectivity index is 2.23. The summed E-state index contributed by atoms with van der Waals surface area (Å²) >= 11 is 0. The molecule has 1 unspecified atom stereocenters. The van der Waals surface area contributed by atoms with Crippen molar-refractivity contribution in [3.05, 3.63) is 34.6 Å². The lowest BCUT2D eigenvalue weighted by Gasteiger charge is -2.21. The summed E-state index contributed by atoms with van der Waals surface area (Å²) in [5, 5.41) is 2.05. The van der Waals surface area contributed by atoms with E-state index in [1.165, 1.54) is 77.0 Å². The van der Waals surface area contributed by atoms with Crippen molar-refractivity contribution in [3.8, 4) is 0 Å². The molecule has 0 aliphatic heterocycles. The summed E-state index contributed by atoms with van der Waals surface area (Å²) in [5.74, 6) is -14.3. The highest BCUT2D eigenvalue weighted by Gasteiger charge is 2.33. The van der Waals surface area contributed by atoms with E-state index in [0.717, 1.165) is 19.3 Å². The number of unbranched alkanes of at least 4 members (excludes halogenated alkanes) is 15. The van der Waals surface area contributed by atoms with Gasteiger partial charge in [-0.3, -0.25) is 4.79 Å². The molecule has 39 heavy (non-hydrogen) atoms. The molecule has 0 aliphatic carbocycles. The van der Waals surface area contributed by atoms with E-state index in [0.29, 0.717) is 6.42 Å². The molecular formula is C30H46F5NO3. The molecule has 1 aromatic carbocycles. The van der Waals surface area contributed by atoms with Crippen LogP contribution in [0.2, 0.25) is 0 Å². The van der Waals surface area contributed by atoms with Gasteiger partial charge in [-0.05, 0) is 12.3 Å². The van der Waals surface area contributed by atoms with Crippen molar-refractivity contribution in [2.45, 2.75) is 130 Å². The average Bonchev–Trinajstić information content (AvgIpc) is 2.90. The van der Waals surface area contributed by atoms with E-state index in [9.17, 15) is 31.5 Å². The van der Waals surface area contributed by atoms with E-state index in [1.807, 2.05) is 5.32 Å². The molecule has 0 radical (unpaired) electrons. The van der Waals surface area contributed by atoms with E-state index in [4.69, 9.17) is 4.74 Å². The maximum Gasteiger partial charge on any atom is 0.328 e. The largest absolute Gasteiger partial charge is 0.464 e. The lowest BCUT2D eigenvalue weighted by molar-refractivity contribution is -0.147. The first-order valence-corrected chi connectivity index (χ1v) is 14.6. The molecule has 4 nitrogen and oxygen atoms in total. The van der Waals surface area contributed by atoms with Gasteiger partial charge in [0.1, 0.15) is 11.6 Å². The highest BCUT2D eigenvalue weighted by atomic mass is 19.2. The third kappa shape index (κ3) is 12.7. The summed E-state index contributed by atoms with van der Waals surface area (Å²) in [6.07, 6.45) is 19.3. The number of nitrogens with one attached hydrogen (secondary N) is 1. The van der Waals surface area contributed by atoms with Crippen molar-refractivity contribution < 1.29 is 36.3 Å². The fourth-order valence-electron chi connectivity index (χ4n) is 4.43. The van der Waals surface area contributed by atoms with Gasteiger partial charge >= 0.3 is 5.97 Å². The maximum atomic E-state index is 13.9. The Hall–Kier alpha value is -2.19. The van der Waals surface area contributed by atoms with Crippen LogP contribution in [0.1, 0.15) is 134 Å². The molecule has 0 spiro atoms. The van der Waals surface area contributed by atoms with Gasteiger partial charge in [0.2, 0.25) is 5.82 Å². The molecule has 0 saturated heterocycles. The average molecular weight is 564 g/mol. The molecule has 1 rings (SSSR count). The minimum Gasteiger partial charge on any atom is -0.464 e. The number of esters is 1. The molecule has 224 valence electrons. The number of hydrogen-bond donors (Lipinski definition) is 1. The van der Waals surface area contributed by atoms with Gasteiger partial charge in [-0.25, -0.2) is 26.7 Å². The van der Waals surface area contributed by atoms with Crippen LogP contribution in [0.25, 0.3) is 0 Å². The van der Waals surface area contributed by atoms with Gasteiger partial charge in [-0.15, -0.1) is 0 Å². The fourth-order valence-corrected chi connectivity index (χ4v) is 4.43. The number of amides is 1. The van der Waals surface area contributed by atoms with Crippen LogP contribution < -0.4 is 5.32 Å². The van der Waals surface area contributed by atoms with Crippen molar-refractivity contribution >= 4 is 11.9 Å². The van der Waals surface area contributed by atoms with Crippen LogP contribution in [0.5, 0.6) is 0 Å². The Morgan fingerprint density at radius 2 is 0.974 bits per heavy atom. The van der Waals surface area contributed by atoms with E-state index in [2.05, 4.69) is 6.92 Å². The number of carbonyl (C=O) groups is 2. The van der Waals surface area contributed by atoms with Crippen LogP contribution in [0.4, 0.5) is 22.0 Å². The predicted octanol–water partition coefficient (Wildman–Crippen LogP) is 8.94. The Bertz CT molecular complexity index is 850. The SMILES string of the molecule is CCCCCCCCCCCCCCCCCCOC(=O)C(NC(=O)c1c(F)c(F)c(F)c(F)c1F)C(C)C. The second kappa shape index (κ2) is 19.8. The predicted molar refractivity (Wildman–Crippen MR) is 143 cm³/mol. The molecular weight excluding hydrogens is 517 g/mol. The van der Waals surface area contributed by atoms with Gasteiger partial charge in [-0.1, -0.05) is 117 Å². The third-order valence-electron chi connectivity index (χ3n) is 6.89. The zero-order chi connectivity index (χ0) is 29.2. The minimum absolute atomic E-state index is 0.110. The molecule has 0 fully saturated rings. The standard InChI is InChI=1S/C30H46F5NO3/c1-4-5-6-7-8-9-10-11-12-13-14-15-16-17-18-19-20-39-30(38)28(21(2)3)36-29(37)22-23(31)25(33)27(35)26(34)24(22)32/h21,28H,4-20H2,1-3H3,(H,36,37). The van der Waals surface area contributed by atoms with E-state index >= 15 is 0 Å². The van der Waals surface area contributed by atoms with Crippen molar-refractivity contribution in [2.75, 3.05) is 6.61 Å². The first kappa shape index (κ1) is 34.8. The Labute approximate surface area is 230 Å². The monoisotopic (exact) mass is 563 g/mol. The maximum absolute atomic E-state index is 13.9. The molecule has 1 N–H and O–H groups in total. The van der Waals surface area contributed by atoms with Crippen LogP contribution in [0.3, 0.4) is 0 Å². The number of carbonyl (C=O) groups excluding carboxylic acids is 2. The minimum atomic E-state index is -2.36. The molecule has 0 bridgehead atoms. The Morgan fingerprint density at radius 3 is 1.36 bits per heavy atom. The highest BCUT2D eigenvalue weighted by Crippen LogP contribution is 2.23. The van der Waals surface area contributed by atoms with Crippen LogP contribution in [-0.4, -0.2) is 24.5 Å². The number of benzene rings is 1. The fraction of sp³-hybridized carbons (Fsp3) is 0.733. The Kier molecular flexibility index (Phi) is 17.7. The lowest BCUT2D eigenvalue weighted by Crippen LogP contribution is -2.46. The van der Waals surface area contributed by atoms with Gasteiger partial charge in [0.05, 0.1) is 6.61 Å². The summed E-state index contributed by atoms with van der Waals surface area (Å²) in [4.78, 5) is 24.7.